The zero-order chi connectivity index (χ0) is 15.9. The number of hydrogen-bond donors (Lipinski definition) is 1. The molecule has 22 heavy (non-hydrogen) atoms. The van der Waals surface area contributed by atoms with E-state index in [1.807, 2.05) is 6.92 Å². The van der Waals surface area contributed by atoms with Gasteiger partial charge >= 0.3 is 0 Å². The van der Waals surface area contributed by atoms with E-state index in [4.69, 9.17) is 0 Å². The standard InChI is InChI=1S/C15H17FN4O2/c1-11(8-20-10-17-9-18-20)19-15(22)7-6-14(21)12-2-4-13(16)5-3-12/h2-5,9-11H,6-8H2,1H3,(H,19,22)/t11-/m0/s1. The van der Waals surface area contributed by atoms with Gasteiger partial charge in [-0.05, 0) is 31.2 Å². The first-order valence-electron chi connectivity index (χ1n) is 6.95. The van der Waals surface area contributed by atoms with E-state index in [-0.39, 0.29) is 30.6 Å². The molecule has 116 valence electrons. The van der Waals surface area contributed by atoms with Crippen LogP contribution < -0.4 is 5.32 Å². The molecule has 1 atom stereocenters. The van der Waals surface area contributed by atoms with Crippen LogP contribution in [0.1, 0.15) is 30.1 Å². The number of benzene rings is 1. The van der Waals surface area contributed by atoms with E-state index in [0.717, 1.165) is 0 Å². The van der Waals surface area contributed by atoms with Crippen molar-refractivity contribution in [1.29, 1.82) is 0 Å². The predicted molar refractivity (Wildman–Crippen MR) is 77.6 cm³/mol. The van der Waals surface area contributed by atoms with Gasteiger partial charge in [0.25, 0.3) is 0 Å². The van der Waals surface area contributed by atoms with Gasteiger partial charge in [-0.15, -0.1) is 0 Å². The molecule has 0 radical (unpaired) electrons. The molecular formula is C15H17FN4O2. The van der Waals surface area contributed by atoms with Crippen LogP contribution in [0.4, 0.5) is 4.39 Å². The molecule has 0 aliphatic carbocycles. The Bertz CT molecular complexity index is 626. The Kier molecular flexibility index (Phi) is 5.35. The summed E-state index contributed by atoms with van der Waals surface area (Å²) in [4.78, 5) is 27.5. The molecule has 1 amide bonds. The van der Waals surface area contributed by atoms with Crippen molar-refractivity contribution in [3.63, 3.8) is 0 Å². The maximum atomic E-state index is 12.8. The maximum absolute atomic E-state index is 12.8. The number of carbonyl (C=O) groups excluding carboxylic acids is 2. The van der Waals surface area contributed by atoms with Gasteiger partial charge in [0, 0.05) is 24.4 Å². The van der Waals surface area contributed by atoms with Crippen molar-refractivity contribution in [2.24, 2.45) is 0 Å². The molecule has 0 unspecified atom stereocenters. The van der Waals surface area contributed by atoms with Crippen LogP contribution in [-0.4, -0.2) is 32.5 Å². The average molecular weight is 304 g/mol. The third-order valence-corrected chi connectivity index (χ3v) is 3.08. The monoisotopic (exact) mass is 304 g/mol. The van der Waals surface area contributed by atoms with Gasteiger partial charge in [0.05, 0.1) is 6.54 Å². The van der Waals surface area contributed by atoms with E-state index in [1.165, 1.54) is 30.6 Å². The zero-order valence-electron chi connectivity index (χ0n) is 12.2. The second-order valence-corrected chi connectivity index (χ2v) is 5.02. The number of rotatable bonds is 7. The number of carbonyl (C=O) groups is 2. The zero-order valence-corrected chi connectivity index (χ0v) is 12.2. The van der Waals surface area contributed by atoms with Gasteiger partial charge in [0.15, 0.2) is 5.78 Å². The van der Waals surface area contributed by atoms with Crippen LogP contribution in [0.3, 0.4) is 0 Å². The third-order valence-electron chi connectivity index (χ3n) is 3.08. The lowest BCUT2D eigenvalue weighted by Gasteiger charge is -2.13. The van der Waals surface area contributed by atoms with Crippen LogP contribution in [-0.2, 0) is 11.3 Å². The Hall–Kier alpha value is -2.57. The van der Waals surface area contributed by atoms with Gasteiger partial charge in [-0.3, -0.25) is 14.3 Å². The van der Waals surface area contributed by atoms with Crippen LogP contribution in [0, 0.1) is 5.82 Å². The molecule has 0 fully saturated rings. The Morgan fingerprint density at radius 2 is 2.00 bits per heavy atom. The summed E-state index contributed by atoms with van der Waals surface area (Å²) in [6, 6.07) is 5.18. The van der Waals surface area contributed by atoms with E-state index in [1.54, 1.807) is 11.0 Å². The molecule has 0 spiro atoms. The van der Waals surface area contributed by atoms with Crippen LogP contribution in [0.5, 0.6) is 0 Å². The number of amides is 1. The minimum absolute atomic E-state index is 0.0908. The number of halogens is 1. The van der Waals surface area contributed by atoms with Crippen LogP contribution >= 0.6 is 0 Å². The summed E-state index contributed by atoms with van der Waals surface area (Å²) < 4.78 is 14.4. The Balaban J connectivity index is 1.75. The first-order valence-corrected chi connectivity index (χ1v) is 6.95. The molecule has 0 aliphatic rings. The molecule has 7 heteroatoms. The summed E-state index contributed by atoms with van der Waals surface area (Å²) in [5.74, 6) is -0.779. The third kappa shape index (κ3) is 4.76. The highest BCUT2D eigenvalue weighted by molar-refractivity contribution is 5.97. The largest absolute Gasteiger partial charge is 0.352 e. The topological polar surface area (TPSA) is 76.9 Å². The summed E-state index contributed by atoms with van der Waals surface area (Å²) in [5, 5.41) is 6.75. The number of aromatic nitrogens is 3. The van der Waals surface area contributed by atoms with Crippen molar-refractivity contribution >= 4 is 11.7 Å². The van der Waals surface area contributed by atoms with Gasteiger partial charge < -0.3 is 5.32 Å². The van der Waals surface area contributed by atoms with Gasteiger partial charge in [-0.25, -0.2) is 9.37 Å². The summed E-state index contributed by atoms with van der Waals surface area (Å²) >= 11 is 0. The highest BCUT2D eigenvalue weighted by Gasteiger charge is 2.12. The fraction of sp³-hybridized carbons (Fsp3) is 0.333. The molecule has 0 saturated heterocycles. The molecule has 2 aromatic rings. The Morgan fingerprint density at radius 1 is 1.27 bits per heavy atom. The van der Waals surface area contributed by atoms with Crippen molar-refractivity contribution in [2.75, 3.05) is 0 Å². The summed E-state index contributed by atoms with van der Waals surface area (Å²) in [7, 11) is 0. The molecule has 0 aliphatic heterocycles. The van der Waals surface area contributed by atoms with E-state index < -0.39 is 5.82 Å². The second kappa shape index (κ2) is 7.44. The lowest BCUT2D eigenvalue weighted by Crippen LogP contribution is -2.35. The molecule has 1 aromatic heterocycles. The Morgan fingerprint density at radius 3 is 2.64 bits per heavy atom. The van der Waals surface area contributed by atoms with E-state index in [2.05, 4.69) is 15.4 Å². The number of nitrogens with zero attached hydrogens (tertiary/aromatic N) is 3. The average Bonchev–Trinajstić information content (AvgIpc) is 2.98. The van der Waals surface area contributed by atoms with Crippen molar-refractivity contribution in [1.82, 2.24) is 20.1 Å². The molecule has 1 N–H and O–H groups in total. The van der Waals surface area contributed by atoms with Crippen LogP contribution in [0.15, 0.2) is 36.9 Å². The molecular weight excluding hydrogens is 287 g/mol. The fourth-order valence-electron chi connectivity index (χ4n) is 2.01. The molecule has 0 saturated carbocycles. The lowest BCUT2D eigenvalue weighted by molar-refractivity contribution is -0.121. The quantitative estimate of drug-likeness (QED) is 0.788. The SMILES string of the molecule is C[C@@H](Cn1cncn1)NC(=O)CCC(=O)c1ccc(F)cc1. The molecule has 6 nitrogen and oxygen atoms in total. The minimum Gasteiger partial charge on any atom is -0.352 e. The van der Waals surface area contributed by atoms with Gasteiger partial charge in [0.1, 0.15) is 18.5 Å². The number of nitrogens with one attached hydrogen (secondary N) is 1. The van der Waals surface area contributed by atoms with Crippen molar-refractivity contribution < 1.29 is 14.0 Å². The number of hydrogen-bond acceptors (Lipinski definition) is 4. The summed E-state index contributed by atoms with van der Waals surface area (Å²) in [5.41, 5.74) is 0.407. The highest BCUT2D eigenvalue weighted by atomic mass is 19.1. The second-order valence-electron chi connectivity index (χ2n) is 5.02. The van der Waals surface area contributed by atoms with Crippen LogP contribution in [0.2, 0.25) is 0 Å². The number of Topliss-reactive ketones (excluding diaryl/α,β-unsaturated/α-hetero) is 1. The van der Waals surface area contributed by atoms with Gasteiger partial charge in [0.2, 0.25) is 5.91 Å². The minimum atomic E-state index is -0.392. The summed E-state index contributed by atoms with van der Waals surface area (Å²) in [6.07, 6.45) is 3.18. The van der Waals surface area contributed by atoms with Gasteiger partial charge in [-0.1, -0.05) is 0 Å². The van der Waals surface area contributed by atoms with Crippen molar-refractivity contribution in [3.05, 3.63) is 48.3 Å². The van der Waals surface area contributed by atoms with E-state index in [9.17, 15) is 14.0 Å². The normalized spacial score (nSPS) is 11.9. The lowest BCUT2D eigenvalue weighted by atomic mass is 10.1. The smallest absolute Gasteiger partial charge is 0.220 e. The van der Waals surface area contributed by atoms with Crippen LogP contribution in [0.25, 0.3) is 0 Å². The first-order chi connectivity index (χ1) is 10.5. The van der Waals surface area contributed by atoms with Gasteiger partial charge in [-0.2, -0.15) is 5.10 Å². The maximum Gasteiger partial charge on any atom is 0.220 e. The highest BCUT2D eigenvalue weighted by Crippen LogP contribution is 2.07. The molecule has 1 aromatic carbocycles. The predicted octanol–water partition coefficient (Wildman–Crippen LogP) is 1.58. The molecule has 1 heterocycles. The van der Waals surface area contributed by atoms with Crippen molar-refractivity contribution in [2.45, 2.75) is 32.4 Å². The van der Waals surface area contributed by atoms with E-state index >= 15 is 0 Å². The first kappa shape index (κ1) is 15.8. The fourth-order valence-corrected chi connectivity index (χ4v) is 2.01. The molecule has 0 bridgehead atoms. The number of ketones is 1. The van der Waals surface area contributed by atoms with E-state index in [0.29, 0.717) is 12.1 Å². The Labute approximate surface area is 127 Å². The van der Waals surface area contributed by atoms with Crippen molar-refractivity contribution in [3.8, 4) is 0 Å². The molecule has 2 rings (SSSR count). The summed E-state index contributed by atoms with van der Waals surface area (Å²) in [6.45, 7) is 2.36.